The first kappa shape index (κ1) is 16.0. The molecule has 1 N–H and O–H groups in total. The minimum atomic E-state index is -1.46. The fraction of sp³-hybridized carbons (Fsp3) is 0.375. The van der Waals surface area contributed by atoms with Crippen LogP contribution >= 0.6 is 0 Å². The summed E-state index contributed by atoms with van der Waals surface area (Å²) in [5, 5.41) is 10.4. The van der Waals surface area contributed by atoms with Gasteiger partial charge in [0.1, 0.15) is 22.7 Å². The summed E-state index contributed by atoms with van der Waals surface area (Å²) in [6.07, 6.45) is -0.0646. The molecule has 6 nitrogen and oxygen atoms in total. The number of carbonyl (C=O) groups excluding carboxylic acids is 1. The Hall–Kier alpha value is -2.34. The monoisotopic (exact) mass is 306 g/mol. The summed E-state index contributed by atoms with van der Waals surface area (Å²) >= 11 is 0. The minimum absolute atomic E-state index is 0.0646. The fourth-order valence-corrected chi connectivity index (χ4v) is 2.17. The lowest BCUT2D eigenvalue weighted by molar-refractivity contribution is -0.133. The van der Waals surface area contributed by atoms with Gasteiger partial charge in [-0.05, 0) is 19.9 Å². The number of fused-ring (bicyclic) bond motifs is 1. The molecule has 0 atom stereocenters. The van der Waals surface area contributed by atoms with E-state index >= 15 is 0 Å². The van der Waals surface area contributed by atoms with Crippen molar-refractivity contribution in [2.24, 2.45) is 0 Å². The van der Waals surface area contributed by atoms with Crippen molar-refractivity contribution >= 4 is 16.8 Å². The van der Waals surface area contributed by atoms with Gasteiger partial charge in [-0.1, -0.05) is 0 Å². The van der Waals surface area contributed by atoms with Crippen molar-refractivity contribution in [2.75, 3.05) is 14.2 Å². The van der Waals surface area contributed by atoms with Gasteiger partial charge in [-0.3, -0.25) is 4.79 Å². The molecule has 6 heteroatoms. The highest BCUT2D eigenvalue weighted by atomic mass is 16.5. The number of ether oxygens (including phenoxy) is 2. The highest BCUT2D eigenvalue weighted by Gasteiger charge is 2.27. The molecule has 0 aliphatic carbocycles. The Morgan fingerprint density at radius 3 is 2.50 bits per heavy atom. The number of ketones is 1. The van der Waals surface area contributed by atoms with Crippen LogP contribution in [0.25, 0.3) is 11.0 Å². The number of hydrogen-bond acceptors (Lipinski definition) is 6. The topological polar surface area (TPSA) is 86.0 Å². The van der Waals surface area contributed by atoms with Crippen LogP contribution in [0.3, 0.4) is 0 Å². The molecule has 2 rings (SSSR count). The molecule has 0 radical (unpaired) electrons. The van der Waals surface area contributed by atoms with Gasteiger partial charge in [-0.15, -0.1) is 0 Å². The summed E-state index contributed by atoms with van der Waals surface area (Å²) in [6, 6.07) is 4.38. The molecule has 1 heterocycles. The number of methoxy groups -OCH3 is 2. The molecule has 0 unspecified atom stereocenters. The minimum Gasteiger partial charge on any atom is -0.496 e. The van der Waals surface area contributed by atoms with Crippen molar-refractivity contribution < 1.29 is 23.8 Å². The van der Waals surface area contributed by atoms with Crippen LogP contribution in [0.1, 0.15) is 19.4 Å². The zero-order chi connectivity index (χ0) is 16.5. The van der Waals surface area contributed by atoms with E-state index < -0.39 is 11.2 Å². The molecule has 1 aromatic carbocycles. The van der Waals surface area contributed by atoms with Crippen LogP contribution in [0.5, 0.6) is 11.5 Å². The zero-order valence-electron chi connectivity index (χ0n) is 12.9. The molecule has 0 spiro atoms. The van der Waals surface area contributed by atoms with Crippen molar-refractivity contribution in [3.05, 3.63) is 34.2 Å². The fourth-order valence-electron chi connectivity index (χ4n) is 2.17. The van der Waals surface area contributed by atoms with E-state index in [9.17, 15) is 14.7 Å². The Labute approximate surface area is 127 Å². The van der Waals surface area contributed by atoms with Crippen LogP contribution in [0, 0.1) is 0 Å². The van der Waals surface area contributed by atoms with Crippen molar-refractivity contribution in [1.29, 1.82) is 0 Å². The average molecular weight is 306 g/mol. The summed E-state index contributed by atoms with van der Waals surface area (Å²) < 4.78 is 15.8. The SMILES string of the molecule is COc1cc2oc(=O)ccc2c(OC)c1CC(=O)C(C)(C)O. The second-order valence-electron chi connectivity index (χ2n) is 5.42. The van der Waals surface area contributed by atoms with Gasteiger partial charge in [0.2, 0.25) is 0 Å². The molecule has 0 bridgehead atoms. The molecule has 2 aromatic rings. The summed E-state index contributed by atoms with van der Waals surface area (Å²) in [5.41, 5.74) is -1.15. The van der Waals surface area contributed by atoms with Gasteiger partial charge in [-0.2, -0.15) is 0 Å². The molecular weight excluding hydrogens is 288 g/mol. The Balaban J connectivity index is 2.68. The third-order valence-electron chi connectivity index (χ3n) is 3.38. The van der Waals surface area contributed by atoms with Crippen molar-refractivity contribution in [2.45, 2.75) is 25.9 Å². The van der Waals surface area contributed by atoms with Crippen LogP contribution in [-0.2, 0) is 11.2 Å². The van der Waals surface area contributed by atoms with Crippen molar-refractivity contribution in [1.82, 2.24) is 0 Å². The van der Waals surface area contributed by atoms with E-state index in [1.165, 1.54) is 40.2 Å². The van der Waals surface area contributed by atoms with Crippen LogP contribution in [0.15, 0.2) is 27.4 Å². The predicted octanol–water partition coefficient (Wildman–Crippen LogP) is 1.69. The Kier molecular flexibility index (Phi) is 4.23. The lowest BCUT2D eigenvalue weighted by Gasteiger charge is -2.19. The first-order valence-electron chi connectivity index (χ1n) is 6.71. The highest BCUT2D eigenvalue weighted by molar-refractivity contribution is 5.93. The van der Waals surface area contributed by atoms with Crippen LogP contribution in [-0.4, -0.2) is 30.7 Å². The van der Waals surface area contributed by atoms with E-state index in [-0.39, 0.29) is 12.2 Å². The molecule has 1 aromatic heterocycles. The largest absolute Gasteiger partial charge is 0.496 e. The van der Waals surface area contributed by atoms with Gasteiger partial charge in [0.05, 0.1) is 19.6 Å². The maximum Gasteiger partial charge on any atom is 0.336 e. The predicted molar refractivity (Wildman–Crippen MR) is 80.6 cm³/mol. The van der Waals surface area contributed by atoms with Crippen molar-refractivity contribution in [3.8, 4) is 11.5 Å². The quantitative estimate of drug-likeness (QED) is 0.846. The Morgan fingerprint density at radius 1 is 1.27 bits per heavy atom. The van der Waals surface area contributed by atoms with Crippen LogP contribution in [0.4, 0.5) is 0 Å². The van der Waals surface area contributed by atoms with Gasteiger partial charge in [0.15, 0.2) is 5.78 Å². The van der Waals surface area contributed by atoms with E-state index in [1.807, 2.05) is 0 Å². The maximum atomic E-state index is 12.1. The van der Waals surface area contributed by atoms with Gasteiger partial charge in [0, 0.05) is 24.1 Å². The van der Waals surface area contributed by atoms with Gasteiger partial charge in [0.25, 0.3) is 0 Å². The first-order chi connectivity index (χ1) is 10.3. The molecule has 0 saturated carbocycles. The van der Waals surface area contributed by atoms with Gasteiger partial charge < -0.3 is 19.0 Å². The summed E-state index contributed by atoms with van der Waals surface area (Å²) in [5.74, 6) is 0.368. The van der Waals surface area contributed by atoms with Gasteiger partial charge >= 0.3 is 5.63 Å². The lowest BCUT2D eigenvalue weighted by atomic mass is 9.95. The normalized spacial score (nSPS) is 11.5. The van der Waals surface area contributed by atoms with E-state index in [0.717, 1.165) is 0 Å². The molecule has 0 saturated heterocycles. The number of hydrogen-bond donors (Lipinski definition) is 1. The number of rotatable bonds is 5. The molecule has 0 amide bonds. The van der Waals surface area contributed by atoms with Crippen LogP contribution < -0.4 is 15.1 Å². The lowest BCUT2D eigenvalue weighted by Crippen LogP contribution is -2.32. The molecule has 118 valence electrons. The summed E-state index contributed by atoms with van der Waals surface area (Å²) in [7, 11) is 2.90. The van der Waals surface area contributed by atoms with E-state index in [1.54, 1.807) is 6.07 Å². The second kappa shape index (κ2) is 5.81. The number of Topliss-reactive ketones (excluding diaryl/α,β-unsaturated/α-hetero) is 1. The third-order valence-corrected chi connectivity index (χ3v) is 3.38. The maximum absolute atomic E-state index is 12.1. The summed E-state index contributed by atoms with van der Waals surface area (Å²) in [4.78, 5) is 23.5. The number of carbonyl (C=O) groups is 1. The zero-order valence-corrected chi connectivity index (χ0v) is 12.9. The molecular formula is C16H18O6. The second-order valence-corrected chi connectivity index (χ2v) is 5.42. The smallest absolute Gasteiger partial charge is 0.336 e. The Morgan fingerprint density at radius 2 is 1.95 bits per heavy atom. The standard InChI is InChI=1S/C16H18O6/c1-16(2,19)13(17)7-10-11(20-3)8-12-9(15(10)21-4)5-6-14(18)22-12/h5-6,8,19H,7H2,1-4H3. The number of benzene rings is 1. The third kappa shape index (κ3) is 2.96. The molecule has 22 heavy (non-hydrogen) atoms. The van der Waals surface area contributed by atoms with E-state index in [4.69, 9.17) is 13.9 Å². The Bertz CT molecular complexity index is 767. The number of aliphatic hydroxyl groups is 1. The molecule has 0 aliphatic heterocycles. The van der Waals surface area contributed by atoms with Gasteiger partial charge in [-0.25, -0.2) is 4.79 Å². The first-order valence-corrected chi connectivity index (χ1v) is 6.71. The van der Waals surface area contributed by atoms with Crippen LogP contribution in [0.2, 0.25) is 0 Å². The van der Waals surface area contributed by atoms with E-state index in [2.05, 4.69) is 0 Å². The highest BCUT2D eigenvalue weighted by Crippen LogP contribution is 2.37. The molecule has 0 fully saturated rings. The molecule has 0 aliphatic rings. The van der Waals surface area contributed by atoms with E-state index in [0.29, 0.717) is 28.0 Å². The van der Waals surface area contributed by atoms with Crippen molar-refractivity contribution in [3.63, 3.8) is 0 Å². The summed E-state index contributed by atoms with van der Waals surface area (Å²) in [6.45, 7) is 2.85. The average Bonchev–Trinajstić information content (AvgIpc) is 2.45.